The van der Waals surface area contributed by atoms with Gasteiger partial charge in [-0.2, -0.15) is 4.89 Å². The number of aliphatic hydroxyl groups is 3. The smallest absolute Gasteiger partial charge is 0.335 e. The van der Waals surface area contributed by atoms with Gasteiger partial charge in [-0.15, -0.1) is 11.6 Å². The monoisotopic (exact) mass is 526 g/mol. The average Bonchev–Trinajstić information content (AvgIpc) is 2.80. The maximum atomic E-state index is 11.5. The van der Waals surface area contributed by atoms with Crippen molar-refractivity contribution in [2.45, 2.75) is 86.0 Å². The van der Waals surface area contributed by atoms with E-state index in [-0.39, 0.29) is 22.5 Å². The lowest BCUT2D eigenvalue weighted by atomic mass is 9.46. The van der Waals surface area contributed by atoms with Crippen molar-refractivity contribution in [2.75, 3.05) is 7.11 Å². The van der Waals surface area contributed by atoms with Crippen molar-refractivity contribution >= 4 is 17.6 Å². The third-order valence-corrected chi connectivity index (χ3v) is 9.51. The van der Waals surface area contributed by atoms with Crippen LogP contribution in [0.25, 0.3) is 0 Å². The molecule has 4 bridgehead atoms. The topological polar surface area (TPSA) is 144 Å². The Bertz CT molecular complexity index is 1050. The van der Waals surface area contributed by atoms with Crippen molar-refractivity contribution in [3.8, 4) is 5.75 Å². The molecule has 198 valence electrons. The maximum Gasteiger partial charge on any atom is 0.335 e. The van der Waals surface area contributed by atoms with Crippen molar-refractivity contribution < 1.29 is 49.2 Å². The first-order valence-electron chi connectivity index (χ1n) is 12.3. The number of rotatable bonds is 5. The van der Waals surface area contributed by atoms with Crippen LogP contribution in [0.15, 0.2) is 18.2 Å². The van der Waals surface area contributed by atoms with Gasteiger partial charge in [-0.1, -0.05) is 12.1 Å². The first kappa shape index (κ1) is 24.8. The molecular weight excluding hydrogens is 496 g/mol. The van der Waals surface area contributed by atoms with Crippen molar-refractivity contribution in [3.05, 3.63) is 29.3 Å². The van der Waals surface area contributed by atoms with E-state index in [1.165, 1.54) is 0 Å². The van der Waals surface area contributed by atoms with Crippen LogP contribution >= 0.6 is 11.6 Å². The Morgan fingerprint density at radius 1 is 1.06 bits per heavy atom. The van der Waals surface area contributed by atoms with E-state index in [2.05, 4.69) is 0 Å². The second-order valence-corrected chi connectivity index (χ2v) is 11.9. The maximum absolute atomic E-state index is 11.5. The van der Waals surface area contributed by atoms with Crippen LogP contribution in [-0.2, 0) is 29.8 Å². The number of hydrogen-bond donors (Lipinski definition) is 4. The van der Waals surface area contributed by atoms with E-state index in [0.717, 1.165) is 32.1 Å². The van der Waals surface area contributed by atoms with Gasteiger partial charge in [-0.05, 0) is 68.4 Å². The predicted octanol–water partition coefficient (Wildman–Crippen LogP) is 1.58. The summed E-state index contributed by atoms with van der Waals surface area (Å²) >= 11 is 6.97. The van der Waals surface area contributed by atoms with Gasteiger partial charge in [0.2, 0.25) is 6.29 Å². The minimum atomic E-state index is -1.80. The molecule has 1 aromatic rings. The number of halogens is 1. The molecule has 8 atom stereocenters. The number of carboxylic acids is 1. The zero-order valence-corrected chi connectivity index (χ0v) is 20.8. The van der Waals surface area contributed by atoms with Gasteiger partial charge < -0.3 is 34.6 Å². The normalized spacial score (nSPS) is 49.2. The van der Waals surface area contributed by atoms with E-state index >= 15 is 0 Å². The van der Waals surface area contributed by atoms with E-state index in [9.17, 15) is 25.2 Å². The van der Waals surface area contributed by atoms with Gasteiger partial charge in [0.15, 0.2) is 11.7 Å². The third-order valence-electron chi connectivity index (χ3n) is 9.05. The summed E-state index contributed by atoms with van der Waals surface area (Å²) in [7, 11) is 1.58. The molecule has 7 rings (SSSR count). The fraction of sp³-hybridized carbons (Fsp3) is 0.720. The molecule has 4 N–H and O–H groups in total. The molecule has 10 nitrogen and oxygen atoms in total. The van der Waals surface area contributed by atoms with E-state index in [4.69, 9.17) is 35.6 Å². The van der Waals surface area contributed by atoms with Crippen molar-refractivity contribution in [1.82, 2.24) is 0 Å². The standard InChI is InChI=1S/C25H31ClO10/c1-11-3-4-13(7-16(11)33-22-19(29)17(27)18(28)20(34-22)21(30)31)25(32-2)24(35-36-25)14-5-12-6-15(24)10-23(26,8-12)9-14/h3-4,7,12,14-15,17-20,22,27-29H,5-6,8-10H2,1-2H3,(H,30,31)/t12?,14?,15?,17-,18-,19+,20-,22+,23?,24?,25?/m0/s1. The van der Waals surface area contributed by atoms with Crippen LogP contribution in [0, 0.1) is 24.7 Å². The highest BCUT2D eigenvalue weighted by Crippen LogP contribution is 2.71. The fourth-order valence-electron chi connectivity index (χ4n) is 7.55. The lowest BCUT2D eigenvalue weighted by Crippen LogP contribution is -2.78. The number of carboxylic acid groups (broad SMARTS) is 1. The second kappa shape index (κ2) is 8.25. The number of benzene rings is 1. The molecule has 36 heavy (non-hydrogen) atoms. The summed E-state index contributed by atoms with van der Waals surface area (Å²) in [6, 6.07) is 5.37. The molecule has 2 saturated heterocycles. The van der Waals surface area contributed by atoms with Crippen LogP contribution in [-0.4, -0.2) is 74.7 Å². The Morgan fingerprint density at radius 2 is 1.75 bits per heavy atom. The van der Waals surface area contributed by atoms with Crippen LogP contribution < -0.4 is 4.74 Å². The summed E-state index contributed by atoms with van der Waals surface area (Å²) in [6.07, 6.45) is -3.86. The number of alkyl halides is 1. The summed E-state index contributed by atoms with van der Waals surface area (Å²) < 4.78 is 17.3. The first-order valence-corrected chi connectivity index (χ1v) is 12.7. The molecule has 2 heterocycles. The van der Waals surface area contributed by atoms with Gasteiger partial charge in [0.1, 0.15) is 24.1 Å². The molecule has 4 aliphatic carbocycles. The molecule has 0 amide bonds. The van der Waals surface area contributed by atoms with Crippen LogP contribution in [0.4, 0.5) is 0 Å². The number of aliphatic carboxylic acids is 1. The second-order valence-electron chi connectivity index (χ2n) is 11.1. The van der Waals surface area contributed by atoms with Gasteiger partial charge in [0.05, 0.1) is 0 Å². The number of carbonyl (C=O) groups is 1. The van der Waals surface area contributed by atoms with E-state index in [1.807, 2.05) is 6.07 Å². The number of aryl methyl sites for hydroxylation is 1. The number of hydrogen-bond acceptors (Lipinski definition) is 9. The summed E-state index contributed by atoms with van der Waals surface area (Å²) in [5, 5.41) is 39.9. The highest BCUT2D eigenvalue weighted by atomic mass is 35.5. The van der Waals surface area contributed by atoms with Crippen LogP contribution in [0.2, 0.25) is 0 Å². The van der Waals surface area contributed by atoms with Crippen LogP contribution in [0.1, 0.15) is 43.2 Å². The van der Waals surface area contributed by atoms with Gasteiger partial charge in [-0.3, -0.25) is 0 Å². The van der Waals surface area contributed by atoms with Crippen molar-refractivity contribution in [1.29, 1.82) is 0 Å². The third kappa shape index (κ3) is 3.26. The molecule has 0 aromatic heterocycles. The summed E-state index contributed by atoms with van der Waals surface area (Å²) in [5.41, 5.74) is 0.625. The quantitative estimate of drug-likeness (QED) is 0.329. The zero-order valence-electron chi connectivity index (χ0n) is 20.0. The Labute approximate surface area is 212 Å². The van der Waals surface area contributed by atoms with Gasteiger partial charge in [0.25, 0.3) is 5.79 Å². The fourth-order valence-corrected chi connectivity index (χ4v) is 8.14. The van der Waals surface area contributed by atoms with E-state index in [1.54, 1.807) is 26.2 Å². The predicted molar refractivity (Wildman–Crippen MR) is 122 cm³/mol. The van der Waals surface area contributed by atoms with Crippen molar-refractivity contribution in [2.24, 2.45) is 17.8 Å². The first-order chi connectivity index (χ1) is 17.0. The molecule has 0 radical (unpaired) electrons. The number of methoxy groups -OCH3 is 1. The summed E-state index contributed by atoms with van der Waals surface area (Å²) in [5.74, 6) is -1.50. The Balaban J connectivity index is 1.32. The van der Waals surface area contributed by atoms with Gasteiger partial charge in [0, 0.05) is 17.5 Å². The average molecular weight is 527 g/mol. The highest BCUT2D eigenvalue weighted by Gasteiger charge is 2.78. The number of ether oxygens (including phenoxy) is 3. The Kier molecular flexibility index (Phi) is 5.69. The number of aliphatic hydroxyl groups excluding tert-OH is 3. The molecule has 2 aliphatic heterocycles. The molecule has 1 spiro atoms. The molecule has 3 unspecified atom stereocenters. The Hall–Kier alpha value is -1.50. The Morgan fingerprint density at radius 3 is 2.31 bits per heavy atom. The molecular formula is C25H31ClO10. The molecule has 6 aliphatic rings. The van der Waals surface area contributed by atoms with Gasteiger partial charge >= 0.3 is 5.97 Å². The zero-order chi connectivity index (χ0) is 25.6. The molecule has 11 heteroatoms. The van der Waals surface area contributed by atoms with Crippen molar-refractivity contribution in [3.63, 3.8) is 0 Å². The molecule has 4 saturated carbocycles. The van der Waals surface area contributed by atoms with E-state index in [0.29, 0.717) is 17.0 Å². The van der Waals surface area contributed by atoms with Crippen LogP contribution in [0.5, 0.6) is 5.75 Å². The molecule has 6 fully saturated rings. The van der Waals surface area contributed by atoms with Gasteiger partial charge in [-0.25, -0.2) is 9.68 Å². The SMILES string of the molecule is COC1(c2ccc(C)c(O[C@@H]3O[C@H](C(=O)O)[C@@H](O)[C@H](O)[C@H]3O)c2)OOC12C1CC3CC2CC(Cl)(C3)C1. The highest BCUT2D eigenvalue weighted by molar-refractivity contribution is 6.24. The summed E-state index contributed by atoms with van der Waals surface area (Å²) in [4.78, 5) is 23.1. The lowest BCUT2D eigenvalue weighted by molar-refractivity contribution is -0.645. The largest absolute Gasteiger partial charge is 0.479 e. The van der Waals surface area contributed by atoms with E-state index < -0.39 is 48.1 Å². The van der Waals surface area contributed by atoms with Crippen LogP contribution in [0.3, 0.4) is 0 Å². The minimum absolute atomic E-state index is 0.164. The lowest BCUT2D eigenvalue weighted by Gasteiger charge is -2.70. The summed E-state index contributed by atoms with van der Waals surface area (Å²) in [6.45, 7) is 1.78. The molecule has 1 aromatic carbocycles. The minimum Gasteiger partial charge on any atom is -0.479 e.